The van der Waals surface area contributed by atoms with Crippen molar-refractivity contribution in [2.24, 2.45) is 10.9 Å². The first-order valence-electron chi connectivity index (χ1n) is 9.95. The molecule has 0 radical (unpaired) electrons. The molecule has 0 aromatic heterocycles. The van der Waals surface area contributed by atoms with Gasteiger partial charge in [-0.3, -0.25) is 0 Å². The summed E-state index contributed by atoms with van der Waals surface area (Å²) in [4.78, 5) is 4.69. The second kappa shape index (κ2) is 13.3. The molecule has 27 heavy (non-hydrogen) atoms. The average molecular weight is 380 g/mol. The van der Waals surface area contributed by atoms with Gasteiger partial charge in [0.2, 0.25) is 0 Å². The quantitative estimate of drug-likeness (QED) is 0.384. The van der Waals surface area contributed by atoms with E-state index >= 15 is 0 Å². The molecule has 0 saturated heterocycles. The number of guanidine groups is 1. The van der Waals surface area contributed by atoms with Gasteiger partial charge in [0.05, 0.1) is 20.3 Å². The molecule has 0 aliphatic carbocycles. The molecule has 1 unspecified atom stereocenters. The number of rotatable bonds is 12. The van der Waals surface area contributed by atoms with Crippen molar-refractivity contribution < 1.29 is 14.6 Å². The molecule has 1 atom stereocenters. The molecule has 1 aromatic carbocycles. The highest BCUT2D eigenvalue weighted by molar-refractivity contribution is 5.80. The monoisotopic (exact) mass is 379 g/mol. The molecule has 0 aliphatic heterocycles. The van der Waals surface area contributed by atoms with Crippen molar-refractivity contribution in [2.45, 2.75) is 59.5 Å². The summed E-state index contributed by atoms with van der Waals surface area (Å²) in [5.41, 5.74) is 1.04. The molecular weight excluding hydrogens is 342 g/mol. The van der Waals surface area contributed by atoms with Crippen LogP contribution in [0.25, 0.3) is 0 Å². The summed E-state index contributed by atoms with van der Waals surface area (Å²) in [6, 6.07) is 6.12. The van der Waals surface area contributed by atoms with Gasteiger partial charge in [0.1, 0.15) is 6.61 Å². The van der Waals surface area contributed by atoms with Crippen molar-refractivity contribution in [1.29, 1.82) is 0 Å². The van der Waals surface area contributed by atoms with Gasteiger partial charge in [-0.2, -0.15) is 0 Å². The molecule has 6 heteroatoms. The van der Waals surface area contributed by atoms with Crippen LogP contribution in [0, 0.1) is 5.92 Å². The molecule has 154 valence electrons. The molecule has 3 N–H and O–H groups in total. The van der Waals surface area contributed by atoms with Gasteiger partial charge in [-0.1, -0.05) is 32.8 Å². The third-order valence-electron chi connectivity index (χ3n) is 4.14. The van der Waals surface area contributed by atoms with Gasteiger partial charge in [-0.25, -0.2) is 4.99 Å². The minimum atomic E-state index is -0.0255. The Kier molecular flexibility index (Phi) is 11.3. The van der Waals surface area contributed by atoms with Gasteiger partial charge < -0.3 is 25.2 Å². The first-order chi connectivity index (χ1) is 13.0. The number of methoxy groups -OCH3 is 1. The Hall–Kier alpha value is -1.95. The number of nitrogens with one attached hydrogen (secondary N) is 2. The maximum atomic E-state index is 8.90. The zero-order valence-corrected chi connectivity index (χ0v) is 17.5. The Balaban J connectivity index is 2.68. The van der Waals surface area contributed by atoms with Crippen molar-refractivity contribution in [3.05, 3.63) is 23.8 Å². The second-order valence-corrected chi connectivity index (χ2v) is 7.12. The lowest BCUT2D eigenvalue weighted by molar-refractivity contribution is 0.196. The predicted molar refractivity (Wildman–Crippen MR) is 112 cm³/mol. The lowest BCUT2D eigenvalue weighted by Crippen LogP contribution is -2.42. The summed E-state index contributed by atoms with van der Waals surface area (Å²) < 4.78 is 10.8. The molecule has 0 aliphatic rings. The minimum absolute atomic E-state index is 0.0255. The SMILES string of the molecule is CCNC(=NCc1ccc(OCCO)c(OC)c1)NC(C)CCCC(C)C. The zero-order chi connectivity index (χ0) is 20.1. The van der Waals surface area contributed by atoms with Gasteiger partial charge in [-0.05, 0) is 43.9 Å². The largest absolute Gasteiger partial charge is 0.493 e. The maximum absolute atomic E-state index is 8.90. The van der Waals surface area contributed by atoms with Crippen molar-refractivity contribution in [3.63, 3.8) is 0 Å². The van der Waals surface area contributed by atoms with Crippen LogP contribution < -0.4 is 20.1 Å². The highest BCUT2D eigenvalue weighted by atomic mass is 16.5. The van der Waals surface area contributed by atoms with Crippen molar-refractivity contribution in [2.75, 3.05) is 26.9 Å². The average Bonchev–Trinajstić information content (AvgIpc) is 2.64. The van der Waals surface area contributed by atoms with E-state index in [1.807, 2.05) is 18.2 Å². The predicted octanol–water partition coefficient (Wildman–Crippen LogP) is 3.34. The molecule has 0 amide bonds. The van der Waals surface area contributed by atoms with E-state index in [0.29, 0.717) is 24.1 Å². The van der Waals surface area contributed by atoms with E-state index in [0.717, 1.165) is 30.4 Å². The van der Waals surface area contributed by atoms with Crippen LogP contribution in [0.15, 0.2) is 23.2 Å². The van der Waals surface area contributed by atoms with Gasteiger partial charge in [0.15, 0.2) is 17.5 Å². The van der Waals surface area contributed by atoms with Crippen LogP contribution in [0.4, 0.5) is 0 Å². The topological polar surface area (TPSA) is 75.1 Å². The normalized spacial score (nSPS) is 12.8. The lowest BCUT2D eigenvalue weighted by atomic mass is 10.0. The summed E-state index contributed by atoms with van der Waals surface area (Å²) >= 11 is 0. The summed E-state index contributed by atoms with van der Waals surface area (Å²) in [5.74, 6) is 2.85. The number of nitrogens with zero attached hydrogens (tertiary/aromatic N) is 1. The van der Waals surface area contributed by atoms with E-state index in [2.05, 4.69) is 38.3 Å². The Bertz CT molecular complexity index is 562. The summed E-state index contributed by atoms with van der Waals surface area (Å²) in [6.07, 6.45) is 3.61. The third-order valence-corrected chi connectivity index (χ3v) is 4.14. The number of ether oxygens (including phenoxy) is 2. The molecule has 0 bridgehead atoms. The molecule has 0 fully saturated rings. The van der Waals surface area contributed by atoms with E-state index in [-0.39, 0.29) is 13.2 Å². The van der Waals surface area contributed by atoms with Crippen molar-refractivity contribution >= 4 is 5.96 Å². The van der Waals surface area contributed by atoms with E-state index in [1.54, 1.807) is 7.11 Å². The van der Waals surface area contributed by atoms with Crippen molar-refractivity contribution in [3.8, 4) is 11.5 Å². The number of aliphatic hydroxyl groups excluding tert-OH is 1. The number of hydrogen-bond acceptors (Lipinski definition) is 4. The van der Waals surface area contributed by atoms with Crippen LogP contribution in [-0.2, 0) is 6.54 Å². The molecule has 0 spiro atoms. The van der Waals surface area contributed by atoms with Crippen LogP contribution >= 0.6 is 0 Å². The fraction of sp³-hybridized carbons (Fsp3) is 0.667. The standard InChI is InChI=1S/C21H37N3O3/c1-6-22-21(24-17(4)9-7-8-16(2)3)23-15-18-10-11-19(27-13-12-25)20(14-18)26-5/h10-11,14,16-17,25H,6-9,12-13,15H2,1-5H3,(H2,22,23,24). The first-order valence-corrected chi connectivity index (χ1v) is 9.95. The van der Waals surface area contributed by atoms with Gasteiger partial charge in [-0.15, -0.1) is 0 Å². The Labute approximate surface area is 164 Å². The molecule has 0 saturated carbocycles. The van der Waals surface area contributed by atoms with Gasteiger partial charge >= 0.3 is 0 Å². The van der Waals surface area contributed by atoms with E-state index in [9.17, 15) is 0 Å². The van der Waals surface area contributed by atoms with Crippen LogP contribution in [-0.4, -0.2) is 44.0 Å². The first kappa shape index (κ1) is 23.1. The number of hydrogen-bond donors (Lipinski definition) is 3. The zero-order valence-electron chi connectivity index (χ0n) is 17.5. The van der Waals surface area contributed by atoms with Gasteiger partial charge in [0, 0.05) is 12.6 Å². The molecular formula is C21H37N3O3. The number of aliphatic hydroxyl groups is 1. The molecule has 1 rings (SSSR count). The molecule has 6 nitrogen and oxygen atoms in total. The van der Waals surface area contributed by atoms with Crippen molar-refractivity contribution in [1.82, 2.24) is 10.6 Å². The fourth-order valence-electron chi connectivity index (χ4n) is 2.71. The van der Waals surface area contributed by atoms with Crippen LogP contribution in [0.2, 0.25) is 0 Å². The highest BCUT2D eigenvalue weighted by Crippen LogP contribution is 2.28. The van der Waals surface area contributed by atoms with Gasteiger partial charge in [0.25, 0.3) is 0 Å². The molecule has 0 heterocycles. The highest BCUT2D eigenvalue weighted by Gasteiger charge is 2.08. The fourth-order valence-corrected chi connectivity index (χ4v) is 2.71. The Morgan fingerprint density at radius 3 is 2.59 bits per heavy atom. The van der Waals surface area contributed by atoms with E-state index in [1.165, 1.54) is 12.8 Å². The van der Waals surface area contributed by atoms with E-state index in [4.69, 9.17) is 19.6 Å². The van der Waals surface area contributed by atoms with Crippen LogP contribution in [0.5, 0.6) is 11.5 Å². The number of benzene rings is 1. The van der Waals surface area contributed by atoms with Crippen LogP contribution in [0.1, 0.15) is 52.5 Å². The Morgan fingerprint density at radius 2 is 1.96 bits per heavy atom. The Morgan fingerprint density at radius 1 is 1.19 bits per heavy atom. The molecule has 1 aromatic rings. The summed E-state index contributed by atoms with van der Waals surface area (Å²) in [7, 11) is 1.61. The summed E-state index contributed by atoms with van der Waals surface area (Å²) in [5, 5.41) is 15.7. The smallest absolute Gasteiger partial charge is 0.191 e. The third kappa shape index (κ3) is 9.52. The second-order valence-electron chi connectivity index (χ2n) is 7.12. The number of aliphatic imine (C=N–C) groups is 1. The minimum Gasteiger partial charge on any atom is -0.493 e. The maximum Gasteiger partial charge on any atom is 0.191 e. The summed E-state index contributed by atoms with van der Waals surface area (Å²) in [6.45, 7) is 10.4. The lowest BCUT2D eigenvalue weighted by Gasteiger charge is -2.18. The van der Waals surface area contributed by atoms with E-state index < -0.39 is 0 Å². The van der Waals surface area contributed by atoms with Crippen LogP contribution in [0.3, 0.4) is 0 Å².